The summed E-state index contributed by atoms with van der Waals surface area (Å²) < 4.78 is 43.1. The van der Waals surface area contributed by atoms with Gasteiger partial charge in [0.25, 0.3) is 5.91 Å². The molecule has 0 saturated carbocycles. The van der Waals surface area contributed by atoms with Crippen LogP contribution in [0.25, 0.3) is 0 Å². The summed E-state index contributed by atoms with van der Waals surface area (Å²) in [6.45, 7) is 2.35. The molecule has 1 amide bonds. The van der Waals surface area contributed by atoms with Crippen molar-refractivity contribution in [2.75, 3.05) is 31.8 Å². The molecule has 0 aliphatic carbocycles. The third kappa shape index (κ3) is 5.23. The van der Waals surface area contributed by atoms with Gasteiger partial charge in [-0.1, -0.05) is 18.5 Å². The molecule has 11 heteroatoms. The molecule has 176 valence electrons. The fraction of sp³-hybridized carbons (Fsp3) is 0.364. The molecule has 2 aliphatic rings. The Morgan fingerprint density at radius 2 is 1.97 bits per heavy atom. The molecule has 1 N–H and O–H groups in total. The number of esters is 1. The first-order valence-electron chi connectivity index (χ1n) is 10.4. The van der Waals surface area contributed by atoms with Crippen LogP contribution in [0.3, 0.4) is 0 Å². The number of nitrogens with zero attached hydrogens (tertiary/aromatic N) is 1. The Labute approximate surface area is 196 Å². The third-order valence-electron chi connectivity index (χ3n) is 5.40. The Hall–Kier alpha value is -2.82. The molecular weight excluding hydrogens is 472 g/mol. The Bertz CT molecular complexity index is 1190. The van der Waals surface area contributed by atoms with Crippen molar-refractivity contribution in [3.8, 4) is 11.5 Å². The molecule has 1 saturated heterocycles. The lowest BCUT2D eigenvalue weighted by Crippen LogP contribution is -2.39. The van der Waals surface area contributed by atoms with Crippen LogP contribution in [0, 0.1) is 5.92 Å². The summed E-state index contributed by atoms with van der Waals surface area (Å²) in [5.74, 6) is -0.0826. The highest BCUT2D eigenvalue weighted by Gasteiger charge is 2.31. The number of fused-ring (bicyclic) bond motifs is 1. The van der Waals surface area contributed by atoms with E-state index >= 15 is 0 Å². The molecule has 2 aromatic rings. The number of anilines is 1. The highest BCUT2D eigenvalue weighted by Crippen LogP contribution is 2.34. The van der Waals surface area contributed by atoms with Gasteiger partial charge in [-0.15, -0.1) is 0 Å². The first-order chi connectivity index (χ1) is 15.7. The van der Waals surface area contributed by atoms with Crippen molar-refractivity contribution in [3.05, 3.63) is 47.0 Å². The number of sulfonamides is 1. The second kappa shape index (κ2) is 9.58. The van der Waals surface area contributed by atoms with E-state index in [2.05, 4.69) is 5.32 Å². The largest absolute Gasteiger partial charge is 0.454 e. The number of piperidine rings is 1. The number of carbonyl (C=O) groups excluding carboxylic acids is 2. The smallest absolute Gasteiger partial charge is 0.338 e. The standard InChI is InChI=1S/C22H23ClN2O7S/c1-14-3-2-8-25(11-14)33(28,29)20-9-15(4-6-17(20)23)22(27)30-12-21(26)24-16-5-7-18-19(10-16)32-13-31-18/h4-7,9-10,14H,2-3,8,11-13H2,1H3,(H,24,26). The molecule has 1 fully saturated rings. The maximum atomic E-state index is 13.1. The van der Waals surface area contributed by atoms with Crippen molar-refractivity contribution in [2.24, 2.45) is 5.92 Å². The lowest BCUT2D eigenvalue weighted by molar-refractivity contribution is -0.119. The van der Waals surface area contributed by atoms with Crippen molar-refractivity contribution in [1.29, 1.82) is 0 Å². The number of benzene rings is 2. The van der Waals surface area contributed by atoms with Gasteiger partial charge in [-0.25, -0.2) is 13.2 Å². The van der Waals surface area contributed by atoms with E-state index in [1.165, 1.54) is 22.5 Å². The van der Waals surface area contributed by atoms with Crippen LogP contribution < -0.4 is 14.8 Å². The zero-order chi connectivity index (χ0) is 23.6. The van der Waals surface area contributed by atoms with Crippen LogP contribution in [0.1, 0.15) is 30.1 Å². The van der Waals surface area contributed by atoms with Crippen LogP contribution in [-0.2, 0) is 19.6 Å². The number of amides is 1. The molecule has 0 bridgehead atoms. The zero-order valence-electron chi connectivity index (χ0n) is 17.9. The Balaban J connectivity index is 1.40. The number of hydrogen-bond donors (Lipinski definition) is 1. The maximum absolute atomic E-state index is 13.1. The van der Waals surface area contributed by atoms with Crippen LogP contribution in [0.2, 0.25) is 5.02 Å². The van der Waals surface area contributed by atoms with Gasteiger partial charge in [-0.3, -0.25) is 4.79 Å². The molecule has 0 spiro atoms. The van der Waals surface area contributed by atoms with Gasteiger partial charge < -0.3 is 19.5 Å². The summed E-state index contributed by atoms with van der Waals surface area (Å²) in [7, 11) is -3.87. The van der Waals surface area contributed by atoms with Crippen molar-refractivity contribution < 1.29 is 32.2 Å². The molecule has 9 nitrogen and oxygen atoms in total. The summed E-state index contributed by atoms with van der Waals surface area (Å²) in [4.78, 5) is 24.5. The predicted octanol–water partition coefficient (Wildman–Crippen LogP) is 3.28. The minimum Gasteiger partial charge on any atom is -0.454 e. The Kier molecular flexibility index (Phi) is 6.78. The van der Waals surface area contributed by atoms with Gasteiger partial charge in [0, 0.05) is 24.8 Å². The van der Waals surface area contributed by atoms with Crippen LogP contribution in [0.5, 0.6) is 11.5 Å². The van der Waals surface area contributed by atoms with E-state index in [0.717, 1.165) is 12.8 Å². The average molecular weight is 495 g/mol. The minimum atomic E-state index is -3.87. The summed E-state index contributed by atoms with van der Waals surface area (Å²) in [5, 5.41) is 2.61. The minimum absolute atomic E-state index is 0.0149. The van der Waals surface area contributed by atoms with E-state index in [0.29, 0.717) is 30.3 Å². The first kappa shape index (κ1) is 23.3. The maximum Gasteiger partial charge on any atom is 0.338 e. The molecule has 0 radical (unpaired) electrons. The van der Waals surface area contributed by atoms with E-state index in [4.69, 9.17) is 25.8 Å². The Morgan fingerprint density at radius 3 is 2.76 bits per heavy atom. The quantitative estimate of drug-likeness (QED) is 0.613. The topological polar surface area (TPSA) is 111 Å². The Morgan fingerprint density at radius 1 is 1.18 bits per heavy atom. The zero-order valence-corrected chi connectivity index (χ0v) is 19.4. The number of nitrogens with one attached hydrogen (secondary N) is 1. The second-order valence-electron chi connectivity index (χ2n) is 7.95. The lowest BCUT2D eigenvalue weighted by atomic mass is 10.0. The SMILES string of the molecule is CC1CCCN(S(=O)(=O)c2cc(C(=O)OCC(=O)Nc3ccc4c(c3)OCO4)ccc2Cl)C1. The van der Waals surface area contributed by atoms with Gasteiger partial charge in [-0.2, -0.15) is 4.31 Å². The monoisotopic (exact) mass is 494 g/mol. The van der Waals surface area contributed by atoms with Crippen LogP contribution in [0.15, 0.2) is 41.3 Å². The first-order valence-corrected chi connectivity index (χ1v) is 12.2. The molecule has 2 heterocycles. The van der Waals surface area contributed by atoms with Gasteiger partial charge in [0.2, 0.25) is 16.8 Å². The van der Waals surface area contributed by atoms with Crippen LogP contribution in [-0.4, -0.2) is 51.1 Å². The van der Waals surface area contributed by atoms with Crippen molar-refractivity contribution >= 4 is 39.2 Å². The van der Waals surface area contributed by atoms with Gasteiger partial charge in [0.15, 0.2) is 18.1 Å². The normalized spacial score (nSPS) is 18.1. The number of hydrogen-bond acceptors (Lipinski definition) is 7. The fourth-order valence-electron chi connectivity index (χ4n) is 3.72. The van der Waals surface area contributed by atoms with Crippen molar-refractivity contribution in [3.63, 3.8) is 0 Å². The number of carbonyl (C=O) groups is 2. The van der Waals surface area contributed by atoms with Gasteiger partial charge in [0.05, 0.1) is 10.6 Å². The summed E-state index contributed by atoms with van der Waals surface area (Å²) in [6, 6.07) is 8.77. The van der Waals surface area contributed by atoms with Crippen LogP contribution in [0.4, 0.5) is 5.69 Å². The number of ether oxygens (including phenoxy) is 3. The van der Waals surface area contributed by atoms with Gasteiger partial charge >= 0.3 is 5.97 Å². The molecule has 1 unspecified atom stereocenters. The molecule has 0 aromatic heterocycles. The summed E-state index contributed by atoms with van der Waals surface area (Å²) in [6.07, 6.45) is 1.72. The van der Waals surface area contributed by atoms with E-state index < -0.39 is 28.5 Å². The molecule has 2 aromatic carbocycles. The molecule has 2 aliphatic heterocycles. The summed E-state index contributed by atoms with van der Waals surface area (Å²) >= 11 is 6.16. The lowest BCUT2D eigenvalue weighted by Gasteiger charge is -2.30. The highest BCUT2D eigenvalue weighted by atomic mass is 35.5. The van der Waals surface area contributed by atoms with Gasteiger partial charge in [0.1, 0.15) is 4.90 Å². The number of rotatable bonds is 6. The third-order valence-corrected chi connectivity index (χ3v) is 7.74. The average Bonchev–Trinajstić information content (AvgIpc) is 3.25. The summed E-state index contributed by atoms with van der Waals surface area (Å²) in [5.41, 5.74) is 0.440. The second-order valence-corrected chi connectivity index (χ2v) is 10.3. The van der Waals surface area contributed by atoms with E-state index in [1.54, 1.807) is 18.2 Å². The predicted molar refractivity (Wildman–Crippen MR) is 120 cm³/mol. The van der Waals surface area contributed by atoms with Gasteiger partial charge in [-0.05, 0) is 49.1 Å². The molecular formula is C22H23ClN2O7S. The van der Waals surface area contributed by atoms with Crippen molar-refractivity contribution in [2.45, 2.75) is 24.7 Å². The van der Waals surface area contributed by atoms with E-state index in [1.807, 2.05) is 6.92 Å². The number of halogens is 1. The fourth-order valence-corrected chi connectivity index (χ4v) is 5.82. The van der Waals surface area contributed by atoms with Crippen LogP contribution >= 0.6 is 11.6 Å². The molecule has 33 heavy (non-hydrogen) atoms. The van der Waals surface area contributed by atoms with Crippen molar-refractivity contribution in [1.82, 2.24) is 4.31 Å². The molecule has 4 rings (SSSR count). The molecule has 1 atom stereocenters. The van der Waals surface area contributed by atoms with E-state index in [9.17, 15) is 18.0 Å². The van der Waals surface area contributed by atoms with E-state index in [-0.39, 0.29) is 28.2 Å². The highest BCUT2D eigenvalue weighted by molar-refractivity contribution is 7.89.